The van der Waals surface area contributed by atoms with Crippen LogP contribution in [0.3, 0.4) is 0 Å². The molecule has 0 spiro atoms. The van der Waals surface area contributed by atoms with Gasteiger partial charge in [0.05, 0.1) is 0 Å². The largest absolute Gasteiger partial charge is 0.207 e. The third-order valence-corrected chi connectivity index (χ3v) is 0.774. The van der Waals surface area contributed by atoms with Gasteiger partial charge in [0, 0.05) is 0 Å². The van der Waals surface area contributed by atoms with Gasteiger partial charge in [-0.15, -0.1) is 0 Å². The van der Waals surface area contributed by atoms with Crippen LogP contribution in [0.15, 0.2) is 36.2 Å². The Morgan fingerprint density at radius 2 is 1.89 bits per heavy atom. The molecule has 0 N–H and O–H groups in total. The van der Waals surface area contributed by atoms with Gasteiger partial charge in [-0.1, -0.05) is 18.2 Å². The fraction of sp³-hybridized carbons (Fsp3) is 0.250. The van der Waals surface area contributed by atoms with Crippen LogP contribution in [0.1, 0.15) is 13.8 Å². The van der Waals surface area contributed by atoms with Gasteiger partial charge >= 0.3 is 0 Å². The molecule has 0 aliphatic carbocycles. The average Bonchev–Trinajstić information content (AvgIpc) is 1.85. The minimum atomic E-state index is -0.212. The lowest BCUT2D eigenvalue weighted by Crippen LogP contribution is -1.60. The molecular weight excluding hydrogens is 115 g/mol. The lowest BCUT2D eigenvalue weighted by Gasteiger charge is -1.78. The molecule has 0 amide bonds. The molecule has 0 rings (SSSR count). The molecule has 0 saturated carbocycles. The zero-order chi connectivity index (χ0) is 7.11. The maximum Gasteiger partial charge on any atom is 0.122 e. The van der Waals surface area contributed by atoms with Crippen LogP contribution in [0.4, 0.5) is 4.39 Å². The highest BCUT2D eigenvalue weighted by Crippen LogP contribution is 1.97. The molecule has 0 fully saturated rings. The van der Waals surface area contributed by atoms with Crippen LogP contribution in [-0.4, -0.2) is 0 Å². The predicted octanol–water partition coefficient (Wildman–Crippen LogP) is 2.99. The highest BCUT2D eigenvalue weighted by molar-refractivity contribution is 5.16. The molecule has 0 nitrogen and oxygen atoms in total. The first-order chi connectivity index (χ1) is 4.31. The molecule has 0 aliphatic heterocycles. The van der Waals surface area contributed by atoms with Crippen LogP contribution in [0, 0.1) is 0 Å². The monoisotopic (exact) mass is 126 g/mol. The van der Waals surface area contributed by atoms with E-state index in [1.165, 1.54) is 12.2 Å². The number of rotatable bonds is 2. The van der Waals surface area contributed by atoms with Crippen molar-refractivity contribution in [3.63, 3.8) is 0 Å². The molecule has 9 heavy (non-hydrogen) atoms. The fourth-order valence-electron chi connectivity index (χ4n) is 0.403. The summed E-state index contributed by atoms with van der Waals surface area (Å²) in [6, 6.07) is 0. The van der Waals surface area contributed by atoms with E-state index in [-0.39, 0.29) is 5.83 Å². The first-order valence-corrected chi connectivity index (χ1v) is 2.92. The summed E-state index contributed by atoms with van der Waals surface area (Å²) in [6.45, 7) is 3.63. The summed E-state index contributed by atoms with van der Waals surface area (Å²) in [5, 5.41) is 0. The van der Waals surface area contributed by atoms with E-state index in [1.54, 1.807) is 25.2 Å². The van der Waals surface area contributed by atoms with E-state index >= 15 is 0 Å². The van der Waals surface area contributed by atoms with Gasteiger partial charge in [0.1, 0.15) is 5.83 Å². The van der Waals surface area contributed by atoms with Gasteiger partial charge in [-0.25, -0.2) is 4.39 Å². The SMILES string of the molecule is C\C=C/C(F)=C\C=C\C. The third kappa shape index (κ3) is 5.01. The average molecular weight is 126 g/mol. The predicted molar refractivity (Wildman–Crippen MR) is 38.8 cm³/mol. The topological polar surface area (TPSA) is 0 Å². The van der Waals surface area contributed by atoms with E-state index in [4.69, 9.17) is 0 Å². The van der Waals surface area contributed by atoms with Crippen LogP contribution in [0.2, 0.25) is 0 Å². The van der Waals surface area contributed by atoms with Gasteiger partial charge < -0.3 is 0 Å². The highest BCUT2D eigenvalue weighted by Gasteiger charge is 1.78. The molecule has 1 heteroatoms. The van der Waals surface area contributed by atoms with E-state index in [0.717, 1.165) is 0 Å². The number of hydrogen-bond donors (Lipinski definition) is 0. The smallest absolute Gasteiger partial charge is 0.122 e. The summed E-state index contributed by atoms with van der Waals surface area (Å²) >= 11 is 0. The summed E-state index contributed by atoms with van der Waals surface area (Å²) in [7, 11) is 0. The highest BCUT2D eigenvalue weighted by atomic mass is 19.1. The van der Waals surface area contributed by atoms with Crippen LogP contribution >= 0.6 is 0 Å². The zero-order valence-electron chi connectivity index (χ0n) is 5.76. The van der Waals surface area contributed by atoms with Crippen LogP contribution < -0.4 is 0 Å². The van der Waals surface area contributed by atoms with Crippen molar-refractivity contribution < 1.29 is 4.39 Å². The molecule has 0 saturated heterocycles. The lowest BCUT2D eigenvalue weighted by atomic mass is 10.4. The van der Waals surface area contributed by atoms with E-state index in [1.807, 2.05) is 6.92 Å². The van der Waals surface area contributed by atoms with Gasteiger partial charge in [-0.05, 0) is 26.0 Å². The Balaban J connectivity index is 3.84. The fourth-order valence-corrected chi connectivity index (χ4v) is 0.403. The summed E-state index contributed by atoms with van der Waals surface area (Å²) in [5.41, 5.74) is 0. The molecular formula is C8H11F. The second-order valence-electron chi connectivity index (χ2n) is 1.58. The van der Waals surface area contributed by atoms with Gasteiger partial charge in [0.2, 0.25) is 0 Å². The standard InChI is InChI=1S/C8H11F/c1-3-5-7-8(9)6-4-2/h3-7H,1-2H3/b5-3+,6-4-,8-7+. The van der Waals surface area contributed by atoms with E-state index in [2.05, 4.69) is 0 Å². The van der Waals surface area contributed by atoms with E-state index < -0.39 is 0 Å². The second-order valence-corrected chi connectivity index (χ2v) is 1.58. The van der Waals surface area contributed by atoms with Crippen molar-refractivity contribution >= 4 is 0 Å². The Bertz CT molecular complexity index is 141. The lowest BCUT2D eigenvalue weighted by molar-refractivity contribution is 0.667. The molecule has 0 aromatic heterocycles. The molecule has 0 bridgehead atoms. The van der Waals surface area contributed by atoms with E-state index in [9.17, 15) is 4.39 Å². The normalized spacial score (nSPS) is 13.9. The second kappa shape index (κ2) is 5.29. The third-order valence-electron chi connectivity index (χ3n) is 0.774. The Morgan fingerprint density at radius 1 is 1.22 bits per heavy atom. The van der Waals surface area contributed by atoms with Crippen molar-refractivity contribution in [3.05, 3.63) is 36.2 Å². The number of hydrogen-bond acceptors (Lipinski definition) is 0. The van der Waals surface area contributed by atoms with Gasteiger partial charge in [-0.3, -0.25) is 0 Å². The van der Waals surface area contributed by atoms with Crippen LogP contribution in [-0.2, 0) is 0 Å². The Kier molecular flexibility index (Phi) is 4.79. The summed E-state index contributed by atoms with van der Waals surface area (Å²) in [4.78, 5) is 0. The van der Waals surface area contributed by atoms with Crippen molar-refractivity contribution in [1.82, 2.24) is 0 Å². The molecule has 0 aliphatic rings. The molecule has 50 valence electrons. The maximum atomic E-state index is 12.3. The van der Waals surface area contributed by atoms with Crippen molar-refractivity contribution in [3.8, 4) is 0 Å². The van der Waals surface area contributed by atoms with Crippen LogP contribution in [0.5, 0.6) is 0 Å². The van der Waals surface area contributed by atoms with Crippen molar-refractivity contribution in [2.45, 2.75) is 13.8 Å². The summed E-state index contributed by atoms with van der Waals surface area (Å²) < 4.78 is 12.3. The first kappa shape index (κ1) is 8.15. The Hall–Kier alpha value is -0.850. The molecule has 0 atom stereocenters. The van der Waals surface area contributed by atoms with Crippen molar-refractivity contribution in [2.24, 2.45) is 0 Å². The Morgan fingerprint density at radius 3 is 2.33 bits per heavy atom. The quantitative estimate of drug-likeness (QED) is 0.499. The number of allylic oxidation sites excluding steroid dienone is 6. The summed E-state index contributed by atoms with van der Waals surface area (Å²) in [6.07, 6.45) is 7.94. The van der Waals surface area contributed by atoms with E-state index in [0.29, 0.717) is 0 Å². The van der Waals surface area contributed by atoms with Crippen molar-refractivity contribution in [1.29, 1.82) is 0 Å². The molecule has 0 aromatic rings. The van der Waals surface area contributed by atoms with Gasteiger partial charge in [0.25, 0.3) is 0 Å². The maximum absolute atomic E-state index is 12.3. The zero-order valence-corrected chi connectivity index (χ0v) is 5.76. The first-order valence-electron chi connectivity index (χ1n) is 2.92. The van der Waals surface area contributed by atoms with Gasteiger partial charge in [-0.2, -0.15) is 0 Å². The minimum absolute atomic E-state index is 0.212. The Labute approximate surface area is 55.4 Å². The summed E-state index contributed by atoms with van der Waals surface area (Å²) in [5.74, 6) is -0.212. The van der Waals surface area contributed by atoms with Gasteiger partial charge in [0.15, 0.2) is 0 Å². The van der Waals surface area contributed by atoms with Crippen LogP contribution in [0.25, 0.3) is 0 Å². The number of halogens is 1. The molecule has 0 aromatic carbocycles. The minimum Gasteiger partial charge on any atom is -0.207 e. The molecule has 0 unspecified atom stereocenters. The van der Waals surface area contributed by atoms with Crippen molar-refractivity contribution in [2.75, 3.05) is 0 Å². The molecule has 0 radical (unpaired) electrons. The molecule has 0 heterocycles.